The molecule has 1 N–H and O–H groups in total. The molecule has 1 atom stereocenters. The van der Waals surface area contributed by atoms with Gasteiger partial charge in [0.1, 0.15) is 0 Å². The van der Waals surface area contributed by atoms with Crippen molar-refractivity contribution >= 4 is 17.5 Å². The molecule has 1 unspecified atom stereocenters. The van der Waals surface area contributed by atoms with E-state index in [1.165, 1.54) is 30.4 Å². The Morgan fingerprint density at radius 1 is 1.32 bits per heavy atom. The Hall–Kier alpha value is -1.06. The third kappa shape index (κ3) is 3.10. The zero-order valence-electron chi connectivity index (χ0n) is 15.2. The summed E-state index contributed by atoms with van der Waals surface area (Å²) >= 11 is 6.26. The zero-order chi connectivity index (χ0) is 17.8. The summed E-state index contributed by atoms with van der Waals surface area (Å²) in [5.41, 5.74) is 2.37. The number of aliphatic hydroxyl groups is 1. The summed E-state index contributed by atoms with van der Waals surface area (Å²) in [5.74, 6) is 0.914. The molecule has 4 rings (SSSR count). The van der Waals surface area contributed by atoms with Gasteiger partial charge >= 0.3 is 0 Å². The number of likely N-dealkylation sites (tertiary alicyclic amines) is 1. The van der Waals surface area contributed by atoms with Crippen LogP contribution in [0.2, 0.25) is 5.02 Å². The Morgan fingerprint density at radius 3 is 2.68 bits per heavy atom. The number of benzene rings is 1. The molecular formula is C21H28ClNO2. The van der Waals surface area contributed by atoms with E-state index in [2.05, 4.69) is 19.1 Å². The quantitative estimate of drug-likeness (QED) is 0.878. The fourth-order valence-electron chi connectivity index (χ4n) is 5.25. The van der Waals surface area contributed by atoms with Crippen molar-refractivity contribution in [3.8, 4) is 0 Å². The van der Waals surface area contributed by atoms with Crippen LogP contribution in [0.4, 0.5) is 0 Å². The van der Waals surface area contributed by atoms with Crippen LogP contribution in [-0.4, -0.2) is 34.6 Å². The molecule has 4 heteroatoms. The molecule has 0 radical (unpaired) electrons. The first kappa shape index (κ1) is 17.4. The van der Waals surface area contributed by atoms with Crippen molar-refractivity contribution in [1.29, 1.82) is 0 Å². The normalized spacial score (nSPS) is 33.2. The van der Waals surface area contributed by atoms with Crippen LogP contribution in [0.25, 0.3) is 0 Å². The van der Waals surface area contributed by atoms with Gasteiger partial charge in [0, 0.05) is 29.4 Å². The highest BCUT2D eigenvalue weighted by Crippen LogP contribution is 2.53. The molecule has 2 aliphatic carbocycles. The number of hydrogen-bond acceptors (Lipinski definition) is 2. The summed E-state index contributed by atoms with van der Waals surface area (Å²) in [7, 11) is 0. The van der Waals surface area contributed by atoms with Crippen LogP contribution in [-0.2, 0) is 11.2 Å². The predicted molar refractivity (Wildman–Crippen MR) is 99.8 cm³/mol. The van der Waals surface area contributed by atoms with Crippen molar-refractivity contribution in [2.75, 3.05) is 13.1 Å². The Labute approximate surface area is 155 Å². The minimum absolute atomic E-state index is 0.0490. The van der Waals surface area contributed by atoms with Crippen LogP contribution < -0.4 is 0 Å². The number of halogens is 1. The third-order valence-corrected chi connectivity index (χ3v) is 7.08. The molecule has 1 aromatic rings. The summed E-state index contributed by atoms with van der Waals surface area (Å²) in [5, 5.41) is 10.7. The average molecular weight is 362 g/mol. The maximum atomic E-state index is 12.5. The van der Waals surface area contributed by atoms with E-state index >= 15 is 0 Å². The van der Waals surface area contributed by atoms with E-state index in [4.69, 9.17) is 11.6 Å². The number of hydrogen-bond donors (Lipinski definition) is 1. The maximum Gasteiger partial charge on any atom is 0.225 e. The smallest absolute Gasteiger partial charge is 0.225 e. The molecular weight excluding hydrogens is 334 g/mol. The maximum absolute atomic E-state index is 12.5. The lowest BCUT2D eigenvalue weighted by molar-refractivity contribution is -0.161. The molecule has 1 heterocycles. The van der Waals surface area contributed by atoms with Gasteiger partial charge in [-0.15, -0.1) is 0 Å². The number of nitrogens with zero attached hydrogens (tertiary/aromatic N) is 1. The first-order valence-electron chi connectivity index (χ1n) is 9.60. The number of amides is 1. The number of aryl methyl sites for hydroxylation is 1. The Kier molecular flexibility index (Phi) is 4.16. The van der Waals surface area contributed by atoms with Gasteiger partial charge in [0.25, 0.3) is 0 Å². The van der Waals surface area contributed by atoms with Crippen LogP contribution in [0.1, 0.15) is 63.0 Å². The topological polar surface area (TPSA) is 40.5 Å². The summed E-state index contributed by atoms with van der Waals surface area (Å²) < 4.78 is 0. The van der Waals surface area contributed by atoms with Gasteiger partial charge in [-0.05, 0) is 68.6 Å². The molecule has 1 saturated heterocycles. The third-order valence-electron chi connectivity index (χ3n) is 6.71. The van der Waals surface area contributed by atoms with Gasteiger partial charge < -0.3 is 10.0 Å². The minimum atomic E-state index is -0.618. The molecule has 3 fully saturated rings. The van der Waals surface area contributed by atoms with E-state index in [9.17, 15) is 9.90 Å². The van der Waals surface area contributed by atoms with Crippen molar-refractivity contribution in [2.45, 2.75) is 63.9 Å². The fraction of sp³-hybridized carbons (Fsp3) is 0.667. The minimum Gasteiger partial charge on any atom is -0.390 e. The van der Waals surface area contributed by atoms with Crippen LogP contribution in [0, 0.1) is 11.3 Å². The lowest BCUT2D eigenvalue weighted by Crippen LogP contribution is -2.61. The number of carbonyl (C=O) groups excluding carboxylic acids is 1. The lowest BCUT2D eigenvalue weighted by Gasteiger charge is -2.52. The number of rotatable bonds is 3. The zero-order valence-corrected chi connectivity index (χ0v) is 16.0. The van der Waals surface area contributed by atoms with Gasteiger partial charge in [-0.1, -0.05) is 30.7 Å². The summed E-state index contributed by atoms with van der Waals surface area (Å²) in [6.07, 6.45) is 5.84. The highest BCUT2D eigenvalue weighted by Gasteiger charge is 2.53. The van der Waals surface area contributed by atoms with Gasteiger partial charge in [0.15, 0.2) is 0 Å². The van der Waals surface area contributed by atoms with E-state index in [1.807, 2.05) is 17.9 Å². The molecule has 1 aromatic carbocycles. The molecule has 1 aliphatic heterocycles. The first-order chi connectivity index (χ1) is 11.8. The van der Waals surface area contributed by atoms with Crippen LogP contribution in [0.5, 0.6) is 0 Å². The van der Waals surface area contributed by atoms with Crippen molar-refractivity contribution in [3.63, 3.8) is 0 Å². The average Bonchev–Trinajstić information content (AvgIpc) is 2.96. The Bertz CT molecular complexity index is 685. The van der Waals surface area contributed by atoms with Crippen LogP contribution in [0.3, 0.4) is 0 Å². The van der Waals surface area contributed by atoms with Crippen molar-refractivity contribution < 1.29 is 9.90 Å². The summed E-state index contributed by atoms with van der Waals surface area (Å²) in [4.78, 5) is 14.5. The largest absolute Gasteiger partial charge is 0.390 e. The van der Waals surface area contributed by atoms with E-state index in [1.54, 1.807) is 0 Å². The first-order valence-corrected chi connectivity index (χ1v) is 9.98. The molecule has 0 aromatic heterocycles. The van der Waals surface area contributed by atoms with Crippen molar-refractivity contribution in [2.24, 2.45) is 11.3 Å². The highest BCUT2D eigenvalue weighted by atomic mass is 35.5. The van der Waals surface area contributed by atoms with E-state index in [0.29, 0.717) is 24.2 Å². The van der Waals surface area contributed by atoms with Crippen LogP contribution in [0.15, 0.2) is 18.2 Å². The molecule has 0 bridgehead atoms. The molecule has 3 nitrogen and oxygen atoms in total. The monoisotopic (exact) mass is 361 g/mol. The standard InChI is InChI=1S/C21H28ClNO2/c1-3-14-8-15(4-5-18(14)22)16-6-7-21(11-16)12-23(13-21)19(24)17-9-20(2,25)10-17/h4-5,8,16-17,25H,3,6-7,9-13H2,1-2H3/t16?,17-,20+. The van der Waals surface area contributed by atoms with Gasteiger partial charge in [-0.3, -0.25) is 4.79 Å². The molecule has 1 spiro atoms. The summed E-state index contributed by atoms with van der Waals surface area (Å²) in [6.45, 7) is 5.80. The second-order valence-electron chi connectivity index (χ2n) is 8.94. The second-order valence-corrected chi connectivity index (χ2v) is 9.35. The fourth-order valence-corrected chi connectivity index (χ4v) is 5.50. The van der Waals surface area contributed by atoms with Crippen LogP contribution >= 0.6 is 11.6 Å². The predicted octanol–water partition coefficient (Wildman–Crippen LogP) is 4.16. The number of carbonyl (C=O) groups is 1. The molecule has 25 heavy (non-hydrogen) atoms. The van der Waals surface area contributed by atoms with E-state index in [-0.39, 0.29) is 11.8 Å². The SMILES string of the molecule is CCc1cc(C2CCC3(C2)CN(C(=O)[C@H]2C[C@@](C)(O)C2)C3)ccc1Cl. The molecule has 136 valence electrons. The molecule has 2 saturated carbocycles. The van der Waals surface area contributed by atoms with E-state index in [0.717, 1.165) is 24.5 Å². The van der Waals surface area contributed by atoms with Crippen molar-refractivity contribution in [1.82, 2.24) is 4.90 Å². The second kappa shape index (κ2) is 5.99. The van der Waals surface area contributed by atoms with Gasteiger partial charge in [-0.2, -0.15) is 0 Å². The summed E-state index contributed by atoms with van der Waals surface area (Å²) in [6, 6.07) is 6.51. The Balaban J connectivity index is 1.35. The molecule has 1 amide bonds. The van der Waals surface area contributed by atoms with Gasteiger partial charge in [0.2, 0.25) is 5.91 Å². The molecule has 3 aliphatic rings. The highest BCUT2D eigenvalue weighted by molar-refractivity contribution is 6.31. The Morgan fingerprint density at radius 2 is 2.04 bits per heavy atom. The van der Waals surface area contributed by atoms with Gasteiger partial charge in [0.05, 0.1) is 5.60 Å². The van der Waals surface area contributed by atoms with E-state index < -0.39 is 5.60 Å². The van der Waals surface area contributed by atoms with Crippen molar-refractivity contribution in [3.05, 3.63) is 34.3 Å². The lowest BCUT2D eigenvalue weighted by atomic mass is 9.69. The van der Waals surface area contributed by atoms with Gasteiger partial charge in [-0.25, -0.2) is 0 Å².